The Balaban J connectivity index is 1.61. The molecule has 0 amide bonds. The third-order valence-electron chi connectivity index (χ3n) is 6.23. The lowest BCUT2D eigenvalue weighted by atomic mass is 10.0. The van der Waals surface area contributed by atoms with Crippen LogP contribution in [-0.4, -0.2) is 24.3 Å². The Kier molecular flexibility index (Phi) is 8.46. The van der Waals surface area contributed by atoms with Crippen LogP contribution in [0.4, 0.5) is 0 Å². The van der Waals surface area contributed by atoms with Gasteiger partial charge in [-0.3, -0.25) is 9.36 Å². The Bertz CT molecular complexity index is 1790. The number of hydrogen-bond donors (Lipinski definition) is 0. The fraction of sp³-hybridized carbons (Fsp3) is 0.207. The van der Waals surface area contributed by atoms with Gasteiger partial charge in [0.1, 0.15) is 12.6 Å². The summed E-state index contributed by atoms with van der Waals surface area (Å²) in [4.78, 5) is 32.8. The summed E-state index contributed by atoms with van der Waals surface area (Å²) in [7, 11) is 1.55. The number of thiophene rings is 1. The van der Waals surface area contributed by atoms with Crippen LogP contribution < -0.4 is 24.4 Å². The number of para-hydroxylation sites is 1. The molecule has 206 valence electrons. The van der Waals surface area contributed by atoms with Crippen molar-refractivity contribution in [3.63, 3.8) is 0 Å². The van der Waals surface area contributed by atoms with Crippen molar-refractivity contribution in [2.75, 3.05) is 13.7 Å². The topological polar surface area (TPSA) is 79.1 Å². The molecule has 3 heterocycles. The molecular formula is C29H24Cl2N2O5S2. The molecule has 0 saturated heterocycles. The van der Waals surface area contributed by atoms with E-state index in [2.05, 4.69) is 4.99 Å². The number of esters is 1. The predicted octanol–water partition coefficient (Wildman–Crippen LogP) is 5.75. The molecule has 5 rings (SSSR count). The van der Waals surface area contributed by atoms with Gasteiger partial charge in [-0.05, 0) is 49.6 Å². The fourth-order valence-corrected chi connectivity index (χ4v) is 6.72. The highest BCUT2D eigenvalue weighted by Crippen LogP contribution is 2.35. The van der Waals surface area contributed by atoms with Crippen molar-refractivity contribution >= 4 is 57.9 Å². The normalized spacial score (nSPS) is 15.0. The number of benzene rings is 2. The van der Waals surface area contributed by atoms with E-state index < -0.39 is 12.0 Å². The molecule has 0 aliphatic carbocycles. The molecule has 0 bridgehead atoms. The van der Waals surface area contributed by atoms with Crippen LogP contribution in [-0.2, 0) is 16.1 Å². The molecule has 0 spiro atoms. The number of nitrogens with zero attached hydrogens (tertiary/aromatic N) is 2. The van der Waals surface area contributed by atoms with Gasteiger partial charge in [0.15, 0.2) is 16.3 Å². The summed E-state index contributed by atoms with van der Waals surface area (Å²) in [6.07, 6.45) is 1.75. The molecule has 1 aliphatic heterocycles. The van der Waals surface area contributed by atoms with Gasteiger partial charge >= 0.3 is 5.97 Å². The molecule has 0 saturated carbocycles. The highest BCUT2D eigenvalue weighted by molar-refractivity contribution is 7.10. The van der Waals surface area contributed by atoms with Crippen molar-refractivity contribution in [2.24, 2.45) is 4.99 Å². The zero-order valence-corrected chi connectivity index (χ0v) is 24.9. The number of ether oxygens (including phenoxy) is 3. The lowest BCUT2D eigenvalue weighted by Crippen LogP contribution is -2.39. The van der Waals surface area contributed by atoms with Gasteiger partial charge in [-0.2, -0.15) is 0 Å². The maximum Gasteiger partial charge on any atom is 0.338 e. The number of hydrogen-bond acceptors (Lipinski definition) is 8. The zero-order chi connectivity index (χ0) is 28.4. The number of halogens is 2. The van der Waals surface area contributed by atoms with Crippen LogP contribution in [0.5, 0.6) is 11.5 Å². The van der Waals surface area contributed by atoms with Gasteiger partial charge in [0.05, 0.1) is 29.5 Å². The number of carbonyl (C=O) groups excluding carboxylic acids is 1. The molecule has 1 atom stereocenters. The van der Waals surface area contributed by atoms with Gasteiger partial charge in [-0.25, -0.2) is 9.79 Å². The molecule has 0 radical (unpaired) electrons. The number of methoxy groups -OCH3 is 1. The van der Waals surface area contributed by atoms with Crippen molar-refractivity contribution in [1.29, 1.82) is 0 Å². The first-order valence-electron chi connectivity index (χ1n) is 12.3. The van der Waals surface area contributed by atoms with Gasteiger partial charge in [-0.15, -0.1) is 11.3 Å². The van der Waals surface area contributed by atoms with Crippen LogP contribution in [0, 0.1) is 0 Å². The molecule has 4 aromatic rings. The van der Waals surface area contributed by atoms with Gasteiger partial charge in [0.2, 0.25) is 0 Å². The summed E-state index contributed by atoms with van der Waals surface area (Å²) in [5, 5.41) is 2.93. The number of rotatable bonds is 8. The van der Waals surface area contributed by atoms with E-state index in [4.69, 9.17) is 37.4 Å². The molecule has 2 aromatic carbocycles. The van der Waals surface area contributed by atoms with E-state index in [1.165, 1.54) is 22.7 Å². The van der Waals surface area contributed by atoms with E-state index in [0.29, 0.717) is 47.7 Å². The lowest BCUT2D eigenvalue weighted by Gasteiger charge is -2.23. The first-order valence-corrected chi connectivity index (χ1v) is 14.7. The number of allylic oxidation sites excluding steroid dienone is 1. The summed E-state index contributed by atoms with van der Waals surface area (Å²) < 4.78 is 19.1. The minimum absolute atomic E-state index is 0.166. The lowest BCUT2D eigenvalue weighted by molar-refractivity contribution is -0.139. The summed E-state index contributed by atoms with van der Waals surface area (Å²) in [5.41, 5.74) is 2.00. The highest BCUT2D eigenvalue weighted by atomic mass is 35.5. The molecule has 0 N–H and O–H groups in total. The van der Waals surface area contributed by atoms with Crippen LogP contribution in [0.1, 0.15) is 35.9 Å². The van der Waals surface area contributed by atoms with Crippen molar-refractivity contribution in [2.45, 2.75) is 26.5 Å². The Morgan fingerprint density at radius 2 is 2.00 bits per heavy atom. The van der Waals surface area contributed by atoms with Crippen LogP contribution in [0.15, 0.2) is 75.0 Å². The molecule has 7 nitrogen and oxygen atoms in total. The van der Waals surface area contributed by atoms with Crippen molar-refractivity contribution in [1.82, 2.24) is 4.57 Å². The van der Waals surface area contributed by atoms with E-state index >= 15 is 0 Å². The number of carbonyl (C=O) groups is 1. The predicted molar refractivity (Wildman–Crippen MR) is 159 cm³/mol. The first-order chi connectivity index (χ1) is 19.3. The molecule has 11 heteroatoms. The minimum atomic E-state index is -0.634. The van der Waals surface area contributed by atoms with Gasteiger partial charge in [-0.1, -0.05) is 58.8 Å². The Hall–Kier alpha value is -3.37. The highest BCUT2D eigenvalue weighted by Gasteiger charge is 2.34. The SMILES string of the molecule is CCOC(=O)C1=C(C)N=c2s/c(=C\c3cccc(OC)c3OCc3ccc(Cl)cc3Cl)c(=O)n2[C@@H]1c1cccs1. The number of thiazole rings is 1. The number of fused-ring (bicyclic) bond motifs is 1. The standard InChI is InChI=1S/C29H24Cl2N2O5S2/c1-4-37-28(35)24-16(2)32-29-33(25(24)22-9-6-12-39-22)27(34)23(40-29)13-17-7-5-8-21(36-3)26(17)38-15-18-10-11-19(30)14-20(18)31/h5-14,25H,4,15H2,1-3H3/b23-13-/t25-/m1/s1. The second-order valence-electron chi connectivity index (χ2n) is 8.72. The molecule has 2 aromatic heterocycles. The monoisotopic (exact) mass is 614 g/mol. The quantitative estimate of drug-likeness (QED) is 0.236. The van der Waals surface area contributed by atoms with Crippen molar-refractivity contribution in [3.05, 3.63) is 111 Å². The van der Waals surface area contributed by atoms with E-state index in [0.717, 1.165) is 10.4 Å². The summed E-state index contributed by atoms with van der Waals surface area (Å²) >= 11 is 15.1. The molecule has 1 aliphatic rings. The second-order valence-corrected chi connectivity index (χ2v) is 11.6. The van der Waals surface area contributed by atoms with E-state index in [1.54, 1.807) is 55.9 Å². The maximum absolute atomic E-state index is 13.9. The Morgan fingerprint density at radius 3 is 2.70 bits per heavy atom. The average molecular weight is 616 g/mol. The summed E-state index contributed by atoms with van der Waals surface area (Å²) in [6.45, 7) is 3.90. The van der Waals surface area contributed by atoms with Crippen LogP contribution in [0.25, 0.3) is 6.08 Å². The van der Waals surface area contributed by atoms with E-state index in [-0.39, 0.29) is 18.8 Å². The van der Waals surface area contributed by atoms with Crippen molar-refractivity contribution in [3.8, 4) is 11.5 Å². The van der Waals surface area contributed by atoms with E-state index in [9.17, 15) is 9.59 Å². The molecule has 0 fully saturated rings. The van der Waals surface area contributed by atoms with Gasteiger partial charge in [0.25, 0.3) is 5.56 Å². The Labute approximate surface area is 248 Å². The number of aromatic nitrogens is 1. The Morgan fingerprint density at radius 1 is 1.18 bits per heavy atom. The van der Waals surface area contributed by atoms with E-state index in [1.807, 2.05) is 29.6 Å². The van der Waals surface area contributed by atoms with Crippen molar-refractivity contribution < 1.29 is 19.0 Å². The fourth-order valence-electron chi connectivity index (χ4n) is 4.40. The maximum atomic E-state index is 13.9. The third-order valence-corrected chi connectivity index (χ3v) is 8.73. The van der Waals surface area contributed by atoms with Gasteiger partial charge in [0, 0.05) is 26.0 Å². The van der Waals surface area contributed by atoms with Crippen LogP contribution >= 0.6 is 45.9 Å². The zero-order valence-electron chi connectivity index (χ0n) is 21.8. The van der Waals surface area contributed by atoms with Gasteiger partial charge < -0.3 is 14.2 Å². The van der Waals surface area contributed by atoms with Crippen LogP contribution in [0.2, 0.25) is 10.0 Å². The van der Waals surface area contributed by atoms with Crippen LogP contribution in [0.3, 0.4) is 0 Å². The largest absolute Gasteiger partial charge is 0.493 e. The summed E-state index contributed by atoms with van der Waals surface area (Å²) in [6, 6.07) is 13.8. The first kappa shape index (κ1) is 28.2. The smallest absolute Gasteiger partial charge is 0.338 e. The summed E-state index contributed by atoms with van der Waals surface area (Å²) in [5.74, 6) is 0.476. The average Bonchev–Trinajstić information content (AvgIpc) is 3.56. The molecule has 40 heavy (non-hydrogen) atoms. The molecular weight excluding hydrogens is 591 g/mol. The second kappa shape index (κ2) is 12.0. The minimum Gasteiger partial charge on any atom is -0.493 e. The molecule has 0 unspecified atom stereocenters. The third kappa shape index (κ3) is 5.47.